The SMILES string of the molecule is COc1ccc(/C=C/C(=O)NC2C3CCC(C3)C2CO)cc1F. The summed E-state index contributed by atoms with van der Waals surface area (Å²) in [5.41, 5.74) is 0.602. The maximum Gasteiger partial charge on any atom is 0.244 e. The molecule has 4 atom stereocenters. The number of rotatable bonds is 5. The number of methoxy groups -OCH3 is 1. The molecule has 124 valence electrons. The van der Waals surface area contributed by atoms with E-state index >= 15 is 0 Å². The van der Waals surface area contributed by atoms with Crippen LogP contribution >= 0.6 is 0 Å². The van der Waals surface area contributed by atoms with E-state index < -0.39 is 5.82 Å². The minimum atomic E-state index is -0.455. The molecule has 0 aromatic heterocycles. The van der Waals surface area contributed by atoms with Crippen LogP contribution in [0.1, 0.15) is 24.8 Å². The van der Waals surface area contributed by atoms with Gasteiger partial charge in [-0.25, -0.2) is 4.39 Å². The van der Waals surface area contributed by atoms with Crippen molar-refractivity contribution in [3.05, 3.63) is 35.7 Å². The van der Waals surface area contributed by atoms with Crippen molar-refractivity contribution < 1.29 is 19.0 Å². The summed E-state index contributed by atoms with van der Waals surface area (Å²) < 4.78 is 18.5. The van der Waals surface area contributed by atoms with Gasteiger partial charge in [0.05, 0.1) is 7.11 Å². The van der Waals surface area contributed by atoms with Crippen molar-refractivity contribution in [3.63, 3.8) is 0 Å². The Labute approximate surface area is 135 Å². The molecule has 1 aromatic carbocycles. The zero-order valence-electron chi connectivity index (χ0n) is 13.2. The number of amides is 1. The van der Waals surface area contributed by atoms with E-state index in [2.05, 4.69) is 5.32 Å². The Kier molecular flexibility index (Phi) is 4.66. The molecule has 2 N–H and O–H groups in total. The number of hydrogen-bond acceptors (Lipinski definition) is 3. The molecule has 0 aliphatic heterocycles. The minimum Gasteiger partial charge on any atom is -0.494 e. The summed E-state index contributed by atoms with van der Waals surface area (Å²) in [6.45, 7) is 0.125. The molecule has 3 rings (SSSR count). The highest BCUT2D eigenvalue weighted by atomic mass is 19.1. The number of carbonyl (C=O) groups excluding carboxylic acids is 1. The van der Waals surface area contributed by atoms with E-state index in [1.807, 2.05) is 0 Å². The quantitative estimate of drug-likeness (QED) is 0.819. The van der Waals surface area contributed by atoms with Crippen LogP contribution in [0, 0.1) is 23.6 Å². The number of nitrogens with one attached hydrogen (secondary N) is 1. The monoisotopic (exact) mass is 319 g/mol. The van der Waals surface area contributed by atoms with Gasteiger partial charge in [-0.3, -0.25) is 4.79 Å². The largest absolute Gasteiger partial charge is 0.494 e. The van der Waals surface area contributed by atoms with Crippen molar-refractivity contribution >= 4 is 12.0 Å². The molecule has 1 amide bonds. The maximum atomic E-state index is 13.6. The minimum absolute atomic E-state index is 0.0588. The molecule has 2 aliphatic carbocycles. The van der Waals surface area contributed by atoms with Crippen LogP contribution in [0.25, 0.3) is 6.08 Å². The predicted molar refractivity (Wildman–Crippen MR) is 85.3 cm³/mol. The standard InChI is InChI=1S/C18H22FNO3/c1-23-16-6-2-11(8-15(16)19)3-7-17(22)20-18-13-5-4-12(9-13)14(18)10-21/h2-3,6-8,12-14,18,21H,4-5,9-10H2,1H3,(H,20,22)/b7-3+. The number of benzene rings is 1. The van der Waals surface area contributed by atoms with Gasteiger partial charge in [0.1, 0.15) is 0 Å². The Morgan fingerprint density at radius 1 is 1.43 bits per heavy atom. The van der Waals surface area contributed by atoms with Gasteiger partial charge in [-0.15, -0.1) is 0 Å². The van der Waals surface area contributed by atoms with E-state index in [4.69, 9.17) is 4.74 Å². The van der Waals surface area contributed by atoms with Gasteiger partial charge in [0.25, 0.3) is 0 Å². The second-order valence-corrected chi connectivity index (χ2v) is 6.44. The molecule has 2 saturated carbocycles. The second-order valence-electron chi connectivity index (χ2n) is 6.44. The fraction of sp³-hybridized carbons (Fsp3) is 0.500. The lowest BCUT2D eigenvalue weighted by atomic mass is 9.85. The van der Waals surface area contributed by atoms with Gasteiger partial charge in [0.2, 0.25) is 5.91 Å². The van der Waals surface area contributed by atoms with Crippen molar-refractivity contribution in [1.29, 1.82) is 0 Å². The Hall–Kier alpha value is -1.88. The summed E-state index contributed by atoms with van der Waals surface area (Å²) in [6, 6.07) is 4.62. The molecule has 4 unspecified atom stereocenters. The molecule has 2 bridgehead atoms. The smallest absolute Gasteiger partial charge is 0.244 e. The zero-order valence-corrected chi connectivity index (χ0v) is 13.2. The molecule has 0 spiro atoms. The Morgan fingerprint density at radius 2 is 2.22 bits per heavy atom. The summed E-state index contributed by atoms with van der Waals surface area (Å²) in [6.07, 6.45) is 6.38. The first-order chi connectivity index (χ1) is 11.1. The van der Waals surface area contributed by atoms with Crippen LogP contribution in [0.2, 0.25) is 0 Å². The van der Waals surface area contributed by atoms with Gasteiger partial charge >= 0.3 is 0 Å². The highest BCUT2D eigenvalue weighted by Crippen LogP contribution is 2.48. The van der Waals surface area contributed by atoms with E-state index in [-0.39, 0.29) is 30.2 Å². The summed E-state index contributed by atoms with van der Waals surface area (Å²) in [7, 11) is 1.41. The molecule has 0 heterocycles. The van der Waals surface area contributed by atoms with Gasteiger partial charge in [-0.1, -0.05) is 6.07 Å². The lowest BCUT2D eigenvalue weighted by Crippen LogP contribution is -2.44. The van der Waals surface area contributed by atoms with Crippen LogP contribution in [0.15, 0.2) is 24.3 Å². The van der Waals surface area contributed by atoms with Crippen molar-refractivity contribution in [2.45, 2.75) is 25.3 Å². The highest BCUT2D eigenvalue weighted by molar-refractivity contribution is 5.92. The topological polar surface area (TPSA) is 58.6 Å². The molecule has 4 nitrogen and oxygen atoms in total. The third-order valence-corrected chi connectivity index (χ3v) is 5.21. The van der Waals surface area contributed by atoms with Gasteiger partial charge in [-0.2, -0.15) is 0 Å². The van der Waals surface area contributed by atoms with Crippen LogP contribution in [0.3, 0.4) is 0 Å². The van der Waals surface area contributed by atoms with Crippen LogP contribution in [0.4, 0.5) is 4.39 Å². The molecular weight excluding hydrogens is 297 g/mol. The Bertz CT molecular complexity index is 616. The first kappa shape index (κ1) is 16.0. The lowest BCUT2D eigenvalue weighted by molar-refractivity contribution is -0.117. The van der Waals surface area contributed by atoms with Crippen LogP contribution < -0.4 is 10.1 Å². The average Bonchev–Trinajstić information content (AvgIpc) is 3.14. The van der Waals surface area contributed by atoms with Crippen molar-refractivity contribution in [1.82, 2.24) is 5.32 Å². The number of aliphatic hydroxyl groups excluding tert-OH is 1. The molecule has 0 saturated heterocycles. The molecule has 2 aliphatic rings. The maximum absolute atomic E-state index is 13.6. The zero-order chi connectivity index (χ0) is 16.4. The molecule has 0 radical (unpaired) electrons. The van der Waals surface area contributed by atoms with Gasteiger partial charge in [0, 0.05) is 24.6 Å². The lowest BCUT2D eigenvalue weighted by Gasteiger charge is -2.30. The normalized spacial score (nSPS) is 29.2. The van der Waals surface area contributed by atoms with Crippen molar-refractivity contribution in [2.75, 3.05) is 13.7 Å². The molecule has 2 fully saturated rings. The fourth-order valence-electron chi connectivity index (χ4n) is 4.07. The van der Waals surface area contributed by atoms with Crippen LogP contribution in [-0.4, -0.2) is 30.8 Å². The van der Waals surface area contributed by atoms with E-state index in [1.165, 1.54) is 25.3 Å². The summed E-state index contributed by atoms with van der Waals surface area (Å²) in [4.78, 5) is 12.1. The fourth-order valence-corrected chi connectivity index (χ4v) is 4.07. The predicted octanol–water partition coefficient (Wildman–Crippen LogP) is 2.37. The van der Waals surface area contributed by atoms with E-state index in [0.717, 1.165) is 19.3 Å². The Balaban J connectivity index is 1.62. The number of aliphatic hydroxyl groups is 1. The third kappa shape index (κ3) is 3.24. The molecule has 1 aromatic rings. The first-order valence-corrected chi connectivity index (χ1v) is 8.05. The summed E-state index contributed by atoms with van der Waals surface area (Å²) >= 11 is 0. The van der Waals surface area contributed by atoms with Gasteiger partial charge in [0.15, 0.2) is 11.6 Å². The molecule has 5 heteroatoms. The van der Waals surface area contributed by atoms with E-state index in [9.17, 15) is 14.3 Å². The third-order valence-electron chi connectivity index (χ3n) is 5.21. The number of hydrogen-bond donors (Lipinski definition) is 2. The number of halogens is 1. The number of ether oxygens (including phenoxy) is 1. The first-order valence-electron chi connectivity index (χ1n) is 8.05. The van der Waals surface area contributed by atoms with E-state index in [0.29, 0.717) is 17.4 Å². The number of fused-ring (bicyclic) bond motifs is 2. The van der Waals surface area contributed by atoms with Crippen molar-refractivity contribution in [3.8, 4) is 5.75 Å². The number of carbonyl (C=O) groups is 1. The van der Waals surface area contributed by atoms with E-state index in [1.54, 1.807) is 12.1 Å². The average molecular weight is 319 g/mol. The summed E-state index contributed by atoms with van der Waals surface area (Å²) in [5, 5.41) is 12.6. The summed E-state index contributed by atoms with van der Waals surface area (Å²) in [5.74, 6) is 0.715. The molecular formula is C18H22FNO3. The highest BCUT2D eigenvalue weighted by Gasteiger charge is 2.47. The van der Waals surface area contributed by atoms with Gasteiger partial charge in [-0.05, 0) is 54.9 Å². The van der Waals surface area contributed by atoms with Crippen LogP contribution in [-0.2, 0) is 4.79 Å². The van der Waals surface area contributed by atoms with Gasteiger partial charge < -0.3 is 15.2 Å². The second kappa shape index (κ2) is 6.71. The molecule has 23 heavy (non-hydrogen) atoms. The Morgan fingerprint density at radius 3 is 2.91 bits per heavy atom. The van der Waals surface area contributed by atoms with Crippen LogP contribution in [0.5, 0.6) is 5.75 Å². The van der Waals surface area contributed by atoms with Crippen molar-refractivity contribution in [2.24, 2.45) is 17.8 Å².